The SMILES string of the molecule is N#Cc1cc(N=Nc2cc(SOOO)ccc2S(=O)(=O)O)c(N)nc1N. The highest BCUT2D eigenvalue weighted by atomic mass is 32.2. The molecule has 0 aliphatic heterocycles. The number of nitriles is 1. The summed E-state index contributed by atoms with van der Waals surface area (Å²) in [4.78, 5) is 3.45. The van der Waals surface area contributed by atoms with Crippen LogP contribution in [0.15, 0.2) is 44.3 Å². The van der Waals surface area contributed by atoms with Gasteiger partial charge in [-0.25, -0.2) is 10.2 Å². The first-order valence-corrected chi connectivity index (χ1v) is 8.58. The largest absolute Gasteiger partial charge is 0.383 e. The Balaban J connectivity index is 2.50. The zero-order valence-electron chi connectivity index (χ0n) is 12.6. The summed E-state index contributed by atoms with van der Waals surface area (Å²) in [5.74, 6) is -0.233. The van der Waals surface area contributed by atoms with Gasteiger partial charge in [-0.1, -0.05) is 5.04 Å². The second kappa shape index (κ2) is 8.05. The third-order valence-corrected chi connectivity index (χ3v) is 4.29. The molecule has 0 unspecified atom stereocenters. The molecule has 0 aliphatic carbocycles. The number of pyridine rings is 1. The van der Waals surface area contributed by atoms with Crippen molar-refractivity contribution in [2.24, 2.45) is 10.2 Å². The smallest absolute Gasteiger partial charge is 0.296 e. The Morgan fingerprint density at radius 1 is 1.19 bits per heavy atom. The van der Waals surface area contributed by atoms with Gasteiger partial charge in [0.1, 0.15) is 28.2 Å². The van der Waals surface area contributed by atoms with Gasteiger partial charge in [-0.05, 0) is 24.3 Å². The van der Waals surface area contributed by atoms with Crippen LogP contribution in [-0.2, 0) is 19.5 Å². The average Bonchev–Trinajstić information content (AvgIpc) is 2.58. The summed E-state index contributed by atoms with van der Waals surface area (Å²) in [6.07, 6.45) is 0. The van der Waals surface area contributed by atoms with Gasteiger partial charge in [0.2, 0.25) is 0 Å². The number of rotatable bonds is 6. The predicted molar refractivity (Wildman–Crippen MR) is 88.9 cm³/mol. The molecule has 0 atom stereocenters. The lowest BCUT2D eigenvalue weighted by Gasteiger charge is -2.05. The van der Waals surface area contributed by atoms with Crippen LogP contribution < -0.4 is 11.5 Å². The van der Waals surface area contributed by atoms with Gasteiger partial charge >= 0.3 is 0 Å². The maximum atomic E-state index is 11.5. The van der Waals surface area contributed by atoms with E-state index in [0.29, 0.717) is 12.0 Å². The first-order valence-electron chi connectivity index (χ1n) is 6.40. The number of nitrogens with two attached hydrogens (primary N) is 2. The molecule has 26 heavy (non-hydrogen) atoms. The van der Waals surface area contributed by atoms with Crippen LogP contribution in [0, 0.1) is 11.3 Å². The van der Waals surface area contributed by atoms with Crippen molar-refractivity contribution in [1.82, 2.24) is 4.98 Å². The molecule has 14 heteroatoms. The van der Waals surface area contributed by atoms with Crippen LogP contribution in [0.1, 0.15) is 5.56 Å². The fourth-order valence-electron chi connectivity index (χ4n) is 1.71. The van der Waals surface area contributed by atoms with Gasteiger partial charge in [-0.2, -0.15) is 13.7 Å². The summed E-state index contributed by atoms with van der Waals surface area (Å²) in [5, 5.41) is 28.0. The molecule has 1 aromatic carbocycles. The minimum Gasteiger partial charge on any atom is -0.383 e. The quantitative estimate of drug-likeness (QED) is 0.182. The van der Waals surface area contributed by atoms with Crippen LogP contribution in [0.25, 0.3) is 0 Å². The van der Waals surface area contributed by atoms with Crippen LogP contribution >= 0.6 is 12.0 Å². The fraction of sp³-hybridized carbons (Fsp3) is 0. The van der Waals surface area contributed by atoms with Crippen LogP contribution in [-0.4, -0.2) is 23.2 Å². The van der Waals surface area contributed by atoms with Gasteiger partial charge in [0, 0.05) is 4.90 Å². The van der Waals surface area contributed by atoms with E-state index >= 15 is 0 Å². The summed E-state index contributed by atoms with van der Waals surface area (Å²) < 4.78 is 36.4. The molecule has 0 amide bonds. The second-order valence-electron chi connectivity index (χ2n) is 4.47. The van der Waals surface area contributed by atoms with Crippen molar-refractivity contribution in [2.45, 2.75) is 9.79 Å². The first kappa shape index (κ1) is 19.5. The highest BCUT2D eigenvalue weighted by molar-refractivity contribution is 7.94. The zero-order chi connectivity index (χ0) is 19.3. The van der Waals surface area contributed by atoms with E-state index in [1.165, 1.54) is 18.2 Å². The van der Waals surface area contributed by atoms with Crippen molar-refractivity contribution >= 4 is 45.2 Å². The molecule has 0 spiro atoms. The van der Waals surface area contributed by atoms with Gasteiger partial charge < -0.3 is 11.5 Å². The molecule has 0 saturated carbocycles. The van der Waals surface area contributed by atoms with Gasteiger partial charge in [-0.15, -0.1) is 14.6 Å². The van der Waals surface area contributed by atoms with Crippen LogP contribution in [0.3, 0.4) is 0 Å². The Morgan fingerprint density at radius 2 is 1.88 bits per heavy atom. The monoisotopic (exact) mass is 398 g/mol. The van der Waals surface area contributed by atoms with Crippen molar-refractivity contribution in [3.05, 3.63) is 29.8 Å². The summed E-state index contributed by atoms with van der Waals surface area (Å²) in [6.45, 7) is 0. The van der Waals surface area contributed by atoms with E-state index in [4.69, 9.17) is 22.0 Å². The molecule has 1 heterocycles. The molecule has 0 fully saturated rings. The number of hydrogen-bond acceptors (Lipinski definition) is 12. The summed E-state index contributed by atoms with van der Waals surface area (Å²) in [7, 11) is -4.61. The maximum Gasteiger partial charge on any atom is 0.296 e. The number of hydrogen-bond donors (Lipinski definition) is 4. The molecule has 1 aromatic heterocycles. The molecule has 6 N–H and O–H groups in total. The highest BCUT2D eigenvalue weighted by Gasteiger charge is 2.17. The Hall–Kier alpha value is -2.80. The lowest BCUT2D eigenvalue weighted by atomic mass is 10.2. The molecule has 0 radical (unpaired) electrons. The second-order valence-corrected chi connectivity index (χ2v) is 6.63. The van der Waals surface area contributed by atoms with Crippen molar-refractivity contribution in [3.8, 4) is 6.07 Å². The van der Waals surface area contributed by atoms with Crippen molar-refractivity contribution < 1.29 is 27.6 Å². The van der Waals surface area contributed by atoms with E-state index in [-0.39, 0.29) is 33.5 Å². The molecular weight excluding hydrogens is 388 g/mol. The van der Waals surface area contributed by atoms with Gasteiger partial charge in [0.25, 0.3) is 10.1 Å². The van der Waals surface area contributed by atoms with E-state index in [0.717, 1.165) is 6.07 Å². The average molecular weight is 398 g/mol. The molecule has 2 aromatic rings. The number of nitrogens with zero attached hydrogens (tertiary/aromatic N) is 4. The zero-order valence-corrected chi connectivity index (χ0v) is 14.2. The standard InChI is InChI=1S/C12H10N6O6S2/c13-5-6-3-9(12(15)16-11(6)14)18-17-8-4-7(25-24-23-19)1-2-10(8)26(20,21)22/h1-4,19H,(H4,14,15,16)(H,20,21,22). The number of aromatic nitrogens is 1. The highest BCUT2D eigenvalue weighted by Crippen LogP contribution is 2.33. The fourth-order valence-corrected chi connectivity index (χ4v) is 2.71. The summed E-state index contributed by atoms with van der Waals surface area (Å²) in [5.41, 5.74) is 10.8. The maximum absolute atomic E-state index is 11.5. The topological polar surface area (TPSA) is 207 Å². The molecule has 2 rings (SSSR count). The van der Waals surface area contributed by atoms with Crippen LogP contribution in [0.2, 0.25) is 0 Å². The number of nitrogen functional groups attached to an aromatic ring is 2. The van der Waals surface area contributed by atoms with E-state index in [2.05, 4.69) is 24.6 Å². The molecule has 12 nitrogen and oxygen atoms in total. The Labute approximate surface area is 150 Å². The van der Waals surface area contributed by atoms with Crippen molar-refractivity contribution in [3.63, 3.8) is 0 Å². The normalized spacial score (nSPS) is 11.6. The van der Waals surface area contributed by atoms with E-state index in [1.807, 2.05) is 0 Å². The molecule has 0 bridgehead atoms. The number of anilines is 2. The number of benzene rings is 1. The van der Waals surface area contributed by atoms with Crippen molar-refractivity contribution in [2.75, 3.05) is 11.5 Å². The Bertz CT molecular complexity index is 1000. The van der Waals surface area contributed by atoms with Crippen LogP contribution in [0.4, 0.5) is 23.0 Å². The van der Waals surface area contributed by atoms with E-state index in [1.54, 1.807) is 6.07 Å². The Morgan fingerprint density at radius 3 is 2.50 bits per heavy atom. The van der Waals surface area contributed by atoms with E-state index in [9.17, 15) is 13.0 Å². The summed E-state index contributed by atoms with van der Waals surface area (Å²) >= 11 is 0.540. The lowest BCUT2D eigenvalue weighted by Crippen LogP contribution is -1.99. The number of azo groups is 1. The minimum atomic E-state index is -4.61. The molecule has 0 aliphatic rings. The molecule has 136 valence electrons. The predicted octanol–water partition coefficient (Wildman–Crippen LogP) is 2.21. The van der Waals surface area contributed by atoms with Crippen LogP contribution in [0.5, 0.6) is 0 Å². The van der Waals surface area contributed by atoms with Gasteiger partial charge in [0.05, 0.1) is 17.6 Å². The summed E-state index contributed by atoms with van der Waals surface area (Å²) in [6, 6.07) is 6.49. The lowest BCUT2D eigenvalue weighted by molar-refractivity contribution is -0.432. The third kappa shape index (κ3) is 4.64. The Kier molecular flexibility index (Phi) is 6.05. The minimum absolute atomic E-state index is 0.000883. The van der Waals surface area contributed by atoms with E-state index < -0.39 is 15.0 Å². The third-order valence-electron chi connectivity index (χ3n) is 2.82. The molecule has 0 saturated heterocycles. The van der Waals surface area contributed by atoms with Gasteiger partial charge in [-0.3, -0.25) is 4.55 Å². The first-order chi connectivity index (χ1) is 12.3. The van der Waals surface area contributed by atoms with Crippen molar-refractivity contribution in [1.29, 1.82) is 5.26 Å². The van der Waals surface area contributed by atoms with Gasteiger partial charge in [0.15, 0.2) is 5.82 Å². The molecular formula is C12H10N6O6S2.